The maximum atomic E-state index is 9.90. The van der Waals surface area contributed by atoms with Crippen LogP contribution in [0, 0.1) is 0 Å². The Labute approximate surface area is 131 Å². The zero-order valence-electron chi connectivity index (χ0n) is 13.9. The SMILES string of the molecule is CC1(C)COC(CO)C(C)(C)N1.O=C(O)CCCCC(=O)O. The maximum Gasteiger partial charge on any atom is 0.303 e. The molecule has 7 nitrogen and oxygen atoms in total. The van der Waals surface area contributed by atoms with Crippen LogP contribution >= 0.6 is 0 Å². The Hall–Kier alpha value is -1.18. The molecule has 1 atom stereocenters. The monoisotopic (exact) mass is 319 g/mol. The summed E-state index contributed by atoms with van der Waals surface area (Å²) in [5.74, 6) is -1.74. The van der Waals surface area contributed by atoms with Gasteiger partial charge in [0.2, 0.25) is 0 Å². The molecule has 7 heteroatoms. The molecular formula is C15H29NO6. The average molecular weight is 319 g/mol. The molecule has 1 saturated heterocycles. The summed E-state index contributed by atoms with van der Waals surface area (Å²) in [7, 11) is 0. The molecule has 1 rings (SSSR count). The van der Waals surface area contributed by atoms with Gasteiger partial charge >= 0.3 is 11.9 Å². The molecule has 1 unspecified atom stereocenters. The van der Waals surface area contributed by atoms with E-state index in [0.29, 0.717) is 19.4 Å². The quantitative estimate of drug-likeness (QED) is 0.544. The second kappa shape index (κ2) is 9.07. The number of hydrogen-bond donors (Lipinski definition) is 4. The van der Waals surface area contributed by atoms with Crippen LogP contribution in [0.2, 0.25) is 0 Å². The fraction of sp³-hybridized carbons (Fsp3) is 0.867. The van der Waals surface area contributed by atoms with E-state index in [1.807, 2.05) is 0 Å². The molecule has 0 aromatic rings. The zero-order chi connectivity index (χ0) is 17.4. The van der Waals surface area contributed by atoms with Gasteiger partial charge in [-0.1, -0.05) is 0 Å². The first-order valence-corrected chi connectivity index (χ1v) is 7.45. The molecule has 0 bridgehead atoms. The third kappa shape index (κ3) is 8.96. The van der Waals surface area contributed by atoms with Gasteiger partial charge < -0.3 is 25.4 Å². The fourth-order valence-electron chi connectivity index (χ4n) is 2.34. The van der Waals surface area contributed by atoms with E-state index in [9.17, 15) is 9.59 Å². The summed E-state index contributed by atoms with van der Waals surface area (Å²) in [5.41, 5.74) is -0.133. The highest BCUT2D eigenvalue weighted by Crippen LogP contribution is 2.23. The summed E-state index contributed by atoms with van der Waals surface area (Å²) < 4.78 is 5.55. The van der Waals surface area contributed by atoms with E-state index >= 15 is 0 Å². The normalized spacial score (nSPS) is 22.3. The Morgan fingerprint density at radius 1 is 1.09 bits per heavy atom. The van der Waals surface area contributed by atoms with E-state index in [-0.39, 0.29) is 36.6 Å². The molecular weight excluding hydrogens is 290 g/mol. The smallest absolute Gasteiger partial charge is 0.303 e. The lowest BCUT2D eigenvalue weighted by Gasteiger charge is -2.47. The molecule has 0 spiro atoms. The van der Waals surface area contributed by atoms with Crippen LogP contribution in [0.4, 0.5) is 0 Å². The summed E-state index contributed by atoms with van der Waals surface area (Å²) in [4.78, 5) is 19.8. The predicted molar refractivity (Wildman–Crippen MR) is 81.9 cm³/mol. The van der Waals surface area contributed by atoms with Crippen molar-refractivity contribution in [2.45, 2.75) is 70.6 Å². The summed E-state index contributed by atoms with van der Waals surface area (Å²) in [6.07, 6.45) is 0.926. The Morgan fingerprint density at radius 3 is 1.86 bits per heavy atom. The van der Waals surface area contributed by atoms with Crippen LogP contribution in [0.3, 0.4) is 0 Å². The van der Waals surface area contributed by atoms with Gasteiger partial charge in [-0.25, -0.2) is 0 Å². The first kappa shape index (κ1) is 20.8. The minimum absolute atomic E-state index is 0.00910. The third-order valence-corrected chi connectivity index (χ3v) is 3.31. The summed E-state index contributed by atoms with van der Waals surface area (Å²) in [5, 5.41) is 28.7. The van der Waals surface area contributed by atoms with E-state index in [0.717, 1.165) is 0 Å². The Morgan fingerprint density at radius 2 is 1.55 bits per heavy atom. The van der Waals surface area contributed by atoms with Crippen molar-refractivity contribution in [2.24, 2.45) is 0 Å². The summed E-state index contributed by atoms with van der Waals surface area (Å²) in [6, 6.07) is 0. The van der Waals surface area contributed by atoms with Gasteiger partial charge in [-0.2, -0.15) is 0 Å². The lowest BCUT2D eigenvalue weighted by Crippen LogP contribution is -2.66. The molecule has 0 aromatic heterocycles. The minimum atomic E-state index is -0.870. The van der Waals surface area contributed by atoms with Crippen LogP contribution in [-0.2, 0) is 14.3 Å². The number of hydrogen-bond acceptors (Lipinski definition) is 5. The molecule has 1 heterocycles. The van der Waals surface area contributed by atoms with Crippen molar-refractivity contribution in [1.82, 2.24) is 5.32 Å². The molecule has 0 saturated carbocycles. The number of carboxylic acids is 2. The van der Waals surface area contributed by atoms with E-state index < -0.39 is 11.9 Å². The van der Waals surface area contributed by atoms with Crippen molar-refractivity contribution in [3.8, 4) is 0 Å². The fourth-order valence-corrected chi connectivity index (χ4v) is 2.34. The Bertz CT molecular complexity index is 351. The van der Waals surface area contributed by atoms with E-state index in [4.69, 9.17) is 20.1 Å². The zero-order valence-corrected chi connectivity index (χ0v) is 13.9. The number of unbranched alkanes of at least 4 members (excludes halogenated alkanes) is 1. The summed E-state index contributed by atoms with van der Waals surface area (Å²) >= 11 is 0. The van der Waals surface area contributed by atoms with Crippen molar-refractivity contribution in [3.63, 3.8) is 0 Å². The lowest BCUT2D eigenvalue weighted by atomic mass is 9.90. The number of rotatable bonds is 6. The topological polar surface area (TPSA) is 116 Å². The first-order valence-electron chi connectivity index (χ1n) is 7.45. The van der Waals surface area contributed by atoms with Gasteiger partial charge in [0, 0.05) is 23.9 Å². The van der Waals surface area contributed by atoms with Gasteiger partial charge in [0.25, 0.3) is 0 Å². The maximum absolute atomic E-state index is 9.90. The molecule has 0 aromatic carbocycles. The minimum Gasteiger partial charge on any atom is -0.481 e. The van der Waals surface area contributed by atoms with E-state index in [2.05, 4.69) is 33.0 Å². The molecule has 22 heavy (non-hydrogen) atoms. The number of aliphatic carboxylic acids is 2. The lowest BCUT2D eigenvalue weighted by molar-refractivity contribution is -0.139. The van der Waals surface area contributed by atoms with Gasteiger partial charge in [-0.3, -0.25) is 9.59 Å². The molecule has 0 aliphatic carbocycles. The molecule has 1 aliphatic heterocycles. The van der Waals surface area contributed by atoms with Gasteiger partial charge in [-0.05, 0) is 40.5 Å². The predicted octanol–water partition coefficient (Wildman–Crippen LogP) is 1.24. The van der Waals surface area contributed by atoms with Crippen molar-refractivity contribution < 1.29 is 29.6 Å². The number of aliphatic hydroxyl groups is 1. The van der Waals surface area contributed by atoms with Crippen LogP contribution in [0.25, 0.3) is 0 Å². The first-order chi connectivity index (χ1) is 10.00. The number of ether oxygens (including phenoxy) is 1. The molecule has 130 valence electrons. The number of aliphatic hydroxyl groups excluding tert-OH is 1. The Kier molecular flexibility index (Phi) is 8.58. The van der Waals surface area contributed by atoms with Crippen molar-refractivity contribution in [1.29, 1.82) is 0 Å². The largest absolute Gasteiger partial charge is 0.481 e. The van der Waals surface area contributed by atoms with Crippen LogP contribution < -0.4 is 5.32 Å². The van der Waals surface area contributed by atoms with Crippen LogP contribution in [0.5, 0.6) is 0 Å². The highest BCUT2D eigenvalue weighted by Gasteiger charge is 2.40. The van der Waals surface area contributed by atoms with E-state index in [1.165, 1.54) is 0 Å². The highest BCUT2D eigenvalue weighted by atomic mass is 16.5. The second-order valence-electron chi connectivity index (χ2n) is 6.71. The van der Waals surface area contributed by atoms with Gasteiger partial charge in [0.15, 0.2) is 0 Å². The highest BCUT2D eigenvalue weighted by molar-refractivity contribution is 5.67. The summed E-state index contributed by atoms with van der Waals surface area (Å²) in [6.45, 7) is 9.03. The number of morpholine rings is 1. The number of carbonyl (C=O) groups is 2. The molecule has 1 aliphatic rings. The molecule has 4 N–H and O–H groups in total. The molecule has 0 radical (unpaired) electrons. The van der Waals surface area contributed by atoms with Crippen LogP contribution in [-0.4, -0.2) is 57.7 Å². The average Bonchev–Trinajstić information content (AvgIpc) is 2.33. The van der Waals surface area contributed by atoms with Crippen molar-refractivity contribution in [2.75, 3.05) is 13.2 Å². The van der Waals surface area contributed by atoms with Crippen molar-refractivity contribution in [3.05, 3.63) is 0 Å². The van der Waals surface area contributed by atoms with Crippen LogP contribution in [0.1, 0.15) is 53.4 Å². The molecule has 0 amide bonds. The third-order valence-electron chi connectivity index (χ3n) is 3.31. The van der Waals surface area contributed by atoms with E-state index in [1.54, 1.807) is 0 Å². The van der Waals surface area contributed by atoms with Gasteiger partial charge in [0.1, 0.15) is 0 Å². The Balaban J connectivity index is 0.000000409. The van der Waals surface area contributed by atoms with Gasteiger partial charge in [-0.15, -0.1) is 0 Å². The number of nitrogens with one attached hydrogen (secondary N) is 1. The number of carboxylic acid groups (broad SMARTS) is 2. The second-order valence-corrected chi connectivity index (χ2v) is 6.71. The molecule has 1 fully saturated rings. The van der Waals surface area contributed by atoms with Crippen LogP contribution in [0.15, 0.2) is 0 Å². The standard InChI is InChI=1S/C9H19NO2.C6H10O4/c1-8(2)6-12-7(5-11)9(3,4)10-8;7-5(8)3-1-2-4-6(9)10/h7,10-11H,5-6H2,1-4H3;1-4H2,(H,7,8)(H,9,10). The van der Waals surface area contributed by atoms with Gasteiger partial charge in [0.05, 0.1) is 19.3 Å². The van der Waals surface area contributed by atoms with Crippen molar-refractivity contribution >= 4 is 11.9 Å².